The van der Waals surface area contributed by atoms with E-state index in [1.54, 1.807) is 0 Å². The van der Waals surface area contributed by atoms with Crippen molar-refractivity contribution in [3.8, 4) is 0 Å². The minimum atomic E-state index is -3.94. The molecule has 1 fully saturated rings. The van der Waals surface area contributed by atoms with Crippen molar-refractivity contribution < 1.29 is 17.2 Å². The topological polar surface area (TPSA) is 72.2 Å². The van der Waals surface area contributed by atoms with Crippen LogP contribution in [0.5, 0.6) is 0 Å². The minimum Gasteiger partial charge on any atom is -0.329 e. The summed E-state index contributed by atoms with van der Waals surface area (Å²) in [4.78, 5) is -0.285. The third-order valence-corrected chi connectivity index (χ3v) is 5.91. The standard InChI is InChI=1S/C14H20F2N2O2S.ClH/c1-10-4-2-3-7-14(10,9-17)18-21(19,20)11-5-6-12(15)13(16)8-11;/h5-6,8,10,18H,2-4,7,9,17H2,1H3;1H. The zero-order valence-corrected chi connectivity index (χ0v) is 13.9. The molecular formula is C14H21ClF2N2O2S. The number of benzene rings is 1. The molecule has 2 atom stereocenters. The van der Waals surface area contributed by atoms with Crippen molar-refractivity contribution >= 4 is 22.4 Å². The summed E-state index contributed by atoms with van der Waals surface area (Å²) in [5.41, 5.74) is 5.09. The lowest BCUT2D eigenvalue weighted by Gasteiger charge is -2.42. The van der Waals surface area contributed by atoms with Crippen molar-refractivity contribution in [2.75, 3.05) is 6.54 Å². The number of hydrogen-bond acceptors (Lipinski definition) is 3. The first-order valence-corrected chi connectivity index (χ1v) is 8.48. The Kier molecular flexibility index (Phi) is 6.32. The first-order valence-electron chi connectivity index (χ1n) is 7.00. The predicted molar refractivity (Wildman–Crippen MR) is 83.3 cm³/mol. The van der Waals surface area contributed by atoms with Gasteiger partial charge in [0.25, 0.3) is 0 Å². The first kappa shape index (κ1) is 19.3. The highest BCUT2D eigenvalue weighted by atomic mass is 35.5. The zero-order chi connectivity index (χ0) is 15.7. The average Bonchev–Trinajstić information content (AvgIpc) is 2.44. The Morgan fingerprint density at radius 1 is 1.32 bits per heavy atom. The second-order valence-electron chi connectivity index (χ2n) is 5.69. The lowest BCUT2D eigenvalue weighted by atomic mass is 9.74. The van der Waals surface area contributed by atoms with Crippen molar-refractivity contribution in [2.24, 2.45) is 11.7 Å². The predicted octanol–water partition coefficient (Wildman–Crippen LogP) is 2.57. The smallest absolute Gasteiger partial charge is 0.241 e. The van der Waals surface area contributed by atoms with Gasteiger partial charge in [0.05, 0.1) is 4.90 Å². The van der Waals surface area contributed by atoms with Crippen LogP contribution in [-0.4, -0.2) is 20.5 Å². The minimum absolute atomic E-state index is 0. The average molecular weight is 355 g/mol. The molecule has 0 aromatic heterocycles. The van der Waals surface area contributed by atoms with Crippen LogP contribution < -0.4 is 10.5 Å². The van der Waals surface area contributed by atoms with Gasteiger partial charge >= 0.3 is 0 Å². The van der Waals surface area contributed by atoms with E-state index < -0.39 is 27.2 Å². The molecule has 22 heavy (non-hydrogen) atoms. The number of rotatable bonds is 4. The summed E-state index contributed by atoms with van der Waals surface area (Å²) in [6.45, 7) is 2.14. The maximum atomic E-state index is 13.3. The van der Waals surface area contributed by atoms with Crippen LogP contribution in [0, 0.1) is 17.6 Å². The van der Waals surface area contributed by atoms with Gasteiger partial charge in [-0.1, -0.05) is 19.8 Å². The van der Waals surface area contributed by atoms with Crippen LogP contribution in [0.4, 0.5) is 8.78 Å². The molecule has 8 heteroatoms. The Morgan fingerprint density at radius 2 is 2.00 bits per heavy atom. The summed E-state index contributed by atoms with van der Waals surface area (Å²) >= 11 is 0. The van der Waals surface area contributed by atoms with Gasteiger partial charge in [0.1, 0.15) is 0 Å². The van der Waals surface area contributed by atoms with Gasteiger partial charge in [-0.25, -0.2) is 21.9 Å². The van der Waals surface area contributed by atoms with E-state index in [9.17, 15) is 17.2 Å². The molecule has 2 rings (SSSR count). The number of sulfonamides is 1. The van der Waals surface area contributed by atoms with E-state index in [0.29, 0.717) is 12.5 Å². The molecule has 0 amide bonds. The van der Waals surface area contributed by atoms with E-state index in [1.165, 1.54) is 0 Å². The molecule has 0 bridgehead atoms. The normalized spacial score (nSPS) is 25.5. The molecule has 2 unspecified atom stereocenters. The molecule has 3 N–H and O–H groups in total. The van der Waals surface area contributed by atoms with Crippen LogP contribution in [0.15, 0.2) is 23.1 Å². The Balaban J connectivity index is 0.00000242. The highest BCUT2D eigenvalue weighted by molar-refractivity contribution is 7.89. The zero-order valence-electron chi connectivity index (χ0n) is 12.3. The SMILES string of the molecule is CC1CCCCC1(CN)NS(=O)(=O)c1ccc(F)c(F)c1.Cl. The maximum Gasteiger partial charge on any atom is 0.241 e. The Labute approximate surface area is 135 Å². The van der Waals surface area contributed by atoms with Crippen molar-refractivity contribution in [1.29, 1.82) is 0 Å². The third-order valence-electron chi connectivity index (χ3n) is 4.36. The molecule has 1 aromatic rings. The van der Waals surface area contributed by atoms with Crippen LogP contribution in [0.25, 0.3) is 0 Å². The lowest BCUT2D eigenvalue weighted by Crippen LogP contribution is -2.58. The van der Waals surface area contributed by atoms with Crippen molar-refractivity contribution in [2.45, 2.75) is 43.0 Å². The second kappa shape index (κ2) is 7.21. The van der Waals surface area contributed by atoms with Gasteiger partial charge in [-0.15, -0.1) is 12.4 Å². The maximum absolute atomic E-state index is 13.3. The van der Waals surface area contributed by atoms with Crippen molar-refractivity contribution in [3.05, 3.63) is 29.8 Å². The number of halogens is 3. The second-order valence-corrected chi connectivity index (χ2v) is 7.37. The molecule has 1 aliphatic carbocycles. The summed E-state index contributed by atoms with van der Waals surface area (Å²) in [6, 6.07) is 2.55. The number of nitrogens with two attached hydrogens (primary N) is 1. The summed E-state index contributed by atoms with van der Waals surface area (Å²) in [5.74, 6) is -2.17. The van der Waals surface area contributed by atoms with E-state index in [1.807, 2.05) is 6.92 Å². The van der Waals surface area contributed by atoms with Crippen LogP contribution in [0.2, 0.25) is 0 Å². The molecule has 0 aliphatic heterocycles. The molecule has 0 heterocycles. The fraction of sp³-hybridized carbons (Fsp3) is 0.571. The van der Waals surface area contributed by atoms with Gasteiger partial charge in [0, 0.05) is 12.1 Å². The Hall–Kier alpha value is -0.760. The van der Waals surface area contributed by atoms with Crippen molar-refractivity contribution in [3.63, 3.8) is 0 Å². The van der Waals surface area contributed by atoms with Crippen LogP contribution in [0.3, 0.4) is 0 Å². The van der Waals surface area contributed by atoms with E-state index in [-0.39, 0.29) is 29.8 Å². The monoisotopic (exact) mass is 354 g/mol. The lowest BCUT2D eigenvalue weighted by molar-refractivity contribution is 0.191. The van der Waals surface area contributed by atoms with Crippen LogP contribution >= 0.6 is 12.4 Å². The molecule has 0 saturated heterocycles. The fourth-order valence-corrected chi connectivity index (χ4v) is 4.43. The molecule has 4 nitrogen and oxygen atoms in total. The molecule has 1 saturated carbocycles. The highest BCUT2D eigenvalue weighted by Crippen LogP contribution is 2.34. The third kappa shape index (κ3) is 3.76. The Bertz CT molecular complexity index is 627. The van der Waals surface area contributed by atoms with Gasteiger partial charge in [-0.3, -0.25) is 0 Å². The quantitative estimate of drug-likeness (QED) is 0.872. The summed E-state index contributed by atoms with van der Waals surface area (Å²) < 4.78 is 53.7. The van der Waals surface area contributed by atoms with Gasteiger partial charge in [-0.2, -0.15) is 0 Å². The molecule has 1 aromatic carbocycles. The summed E-state index contributed by atoms with van der Waals surface area (Å²) in [7, 11) is -3.94. The van der Waals surface area contributed by atoms with Gasteiger partial charge in [0.2, 0.25) is 10.0 Å². The molecule has 0 spiro atoms. The van der Waals surface area contributed by atoms with Gasteiger partial charge in [-0.05, 0) is 37.0 Å². The van der Waals surface area contributed by atoms with E-state index in [4.69, 9.17) is 5.73 Å². The summed E-state index contributed by atoms with van der Waals surface area (Å²) in [5, 5.41) is 0. The van der Waals surface area contributed by atoms with Crippen molar-refractivity contribution in [1.82, 2.24) is 4.72 Å². The highest BCUT2D eigenvalue weighted by Gasteiger charge is 2.40. The first-order chi connectivity index (χ1) is 9.81. The van der Waals surface area contributed by atoms with Crippen LogP contribution in [-0.2, 0) is 10.0 Å². The fourth-order valence-electron chi connectivity index (χ4n) is 2.88. The van der Waals surface area contributed by atoms with E-state index in [0.717, 1.165) is 31.4 Å². The van der Waals surface area contributed by atoms with Gasteiger partial charge in [0.15, 0.2) is 11.6 Å². The molecule has 0 radical (unpaired) electrons. The van der Waals surface area contributed by atoms with Crippen LogP contribution in [0.1, 0.15) is 32.6 Å². The van der Waals surface area contributed by atoms with E-state index >= 15 is 0 Å². The number of nitrogens with one attached hydrogen (secondary N) is 1. The summed E-state index contributed by atoms with van der Waals surface area (Å²) in [6.07, 6.45) is 3.46. The largest absolute Gasteiger partial charge is 0.329 e. The molecule has 1 aliphatic rings. The number of hydrogen-bond donors (Lipinski definition) is 2. The van der Waals surface area contributed by atoms with Gasteiger partial charge < -0.3 is 5.73 Å². The molecular weight excluding hydrogens is 334 g/mol. The molecule has 126 valence electrons. The Morgan fingerprint density at radius 3 is 2.55 bits per heavy atom. The van der Waals surface area contributed by atoms with E-state index in [2.05, 4.69) is 4.72 Å².